The van der Waals surface area contributed by atoms with Gasteiger partial charge in [-0.3, -0.25) is 4.79 Å². The first-order valence-electron chi connectivity index (χ1n) is 6.01. The van der Waals surface area contributed by atoms with Crippen molar-refractivity contribution in [2.45, 2.75) is 6.42 Å². The number of hydrogen-bond donors (Lipinski definition) is 4. The number of nitrogens with zero attached hydrogens (tertiary/aromatic N) is 1. The minimum atomic E-state index is -0.383. The van der Waals surface area contributed by atoms with Crippen molar-refractivity contribution in [1.82, 2.24) is 10.3 Å². The zero-order valence-electron chi connectivity index (χ0n) is 10.6. The molecule has 1 heterocycles. The largest absolute Gasteiger partial charge is 0.410 e. The van der Waals surface area contributed by atoms with E-state index in [4.69, 9.17) is 5.21 Å². The molecule has 106 valence electrons. The van der Waals surface area contributed by atoms with Crippen molar-refractivity contribution in [3.8, 4) is 0 Å². The lowest BCUT2D eigenvalue weighted by Crippen LogP contribution is -2.33. The minimum absolute atomic E-state index is 0.0765. The number of hydrogen-bond acceptors (Lipinski definition) is 4. The molecule has 0 fully saturated rings. The van der Waals surface area contributed by atoms with Crippen molar-refractivity contribution >= 4 is 51.1 Å². The smallest absolute Gasteiger partial charge is 0.269 e. The van der Waals surface area contributed by atoms with E-state index in [2.05, 4.69) is 44.0 Å². The Kier molecular flexibility index (Phi) is 5.08. The molecule has 0 aliphatic heterocycles. The number of halogens is 1. The normalized spacial score (nSPS) is 11.8. The van der Waals surface area contributed by atoms with Gasteiger partial charge >= 0.3 is 0 Å². The van der Waals surface area contributed by atoms with Gasteiger partial charge in [0.25, 0.3) is 5.91 Å². The zero-order valence-corrected chi connectivity index (χ0v) is 13.0. The van der Waals surface area contributed by atoms with Crippen molar-refractivity contribution in [3.63, 3.8) is 0 Å². The predicted molar refractivity (Wildman–Crippen MR) is 85.8 cm³/mol. The van der Waals surface area contributed by atoms with Crippen LogP contribution in [0.15, 0.2) is 34.0 Å². The van der Waals surface area contributed by atoms with Crippen LogP contribution >= 0.6 is 28.6 Å². The summed E-state index contributed by atoms with van der Waals surface area (Å²) in [5, 5.41) is 15.7. The number of para-hydroxylation sites is 1. The fourth-order valence-corrected chi connectivity index (χ4v) is 2.53. The van der Waals surface area contributed by atoms with Crippen LogP contribution in [-0.2, 0) is 11.2 Å². The summed E-state index contributed by atoms with van der Waals surface area (Å²) in [5.74, 6) is 0.149. The van der Waals surface area contributed by atoms with Gasteiger partial charge in [-0.25, -0.2) is 0 Å². The van der Waals surface area contributed by atoms with Gasteiger partial charge in [-0.05, 0) is 27.6 Å². The lowest BCUT2D eigenvalue weighted by molar-refractivity contribution is -0.114. The van der Waals surface area contributed by atoms with E-state index in [1.165, 1.54) is 0 Å². The Balaban J connectivity index is 2.22. The van der Waals surface area contributed by atoms with Crippen LogP contribution in [0.3, 0.4) is 0 Å². The van der Waals surface area contributed by atoms with E-state index in [0.717, 1.165) is 20.9 Å². The van der Waals surface area contributed by atoms with Crippen molar-refractivity contribution in [3.05, 3.63) is 34.4 Å². The molecule has 2 aromatic rings. The number of aromatic amines is 1. The summed E-state index contributed by atoms with van der Waals surface area (Å²) in [7, 11) is 0. The Labute approximate surface area is 130 Å². The number of H-pyrrole nitrogens is 1. The standard InChI is InChI=1S/C13H14BrN3O2S/c14-10-3-1-2-9-8(7-16-12(9)10)6-11(17-19)13(18)15-4-5-20/h1-3,7,16,19-20H,4-6H2,(H,15,18)/b17-11+. The second-order valence-electron chi connectivity index (χ2n) is 4.18. The molecule has 5 nitrogen and oxygen atoms in total. The molecule has 2 rings (SSSR count). The fourth-order valence-electron chi connectivity index (χ4n) is 1.93. The van der Waals surface area contributed by atoms with E-state index < -0.39 is 0 Å². The van der Waals surface area contributed by atoms with E-state index in [-0.39, 0.29) is 18.0 Å². The van der Waals surface area contributed by atoms with Crippen LogP contribution in [0.1, 0.15) is 5.56 Å². The summed E-state index contributed by atoms with van der Waals surface area (Å²) in [6.07, 6.45) is 2.07. The number of fused-ring (bicyclic) bond motifs is 1. The summed E-state index contributed by atoms with van der Waals surface area (Å²) in [4.78, 5) is 14.9. The SMILES string of the molecule is O=C(NCCS)/C(Cc1c[nH]c2c(Br)cccc12)=N/O. The molecule has 0 unspecified atom stereocenters. The van der Waals surface area contributed by atoms with Gasteiger partial charge in [-0.15, -0.1) is 0 Å². The molecule has 0 saturated heterocycles. The van der Waals surface area contributed by atoms with Crippen molar-refractivity contribution in [2.24, 2.45) is 5.16 Å². The first-order chi connectivity index (χ1) is 9.67. The number of nitrogens with one attached hydrogen (secondary N) is 2. The molecular weight excluding hydrogens is 342 g/mol. The van der Waals surface area contributed by atoms with Gasteiger partial charge in [0, 0.05) is 34.8 Å². The molecule has 1 aromatic carbocycles. The molecule has 0 atom stereocenters. The van der Waals surface area contributed by atoms with Crippen molar-refractivity contribution in [2.75, 3.05) is 12.3 Å². The predicted octanol–water partition coefficient (Wildman–Crippen LogP) is 2.35. The average Bonchev–Trinajstić information content (AvgIpc) is 2.86. The molecule has 1 amide bonds. The van der Waals surface area contributed by atoms with E-state index >= 15 is 0 Å². The molecule has 0 saturated carbocycles. The number of rotatable bonds is 5. The topological polar surface area (TPSA) is 77.5 Å². The number of benzene rings is 1. The van der Waals surface area contributed by atoms with E-state index in [1.807, 2.05) is 24.4 Å². The van der Waals surface area contributed by atoms with Crippen LogP contribution in [-0.4, -0.2) is 34.1 Å². The summed E-state index contributed by atoms with van der Waals surface area (Å²) in [6.45, 7) is 0.431. The third-order valence-corrected chi connectivity index (χ3v) is 3.77. The molecule has 0 spiro atoms. The summed E-state index contributed by atoms with van der Waals surface area (Å²) in [6, 6.07) is 5.80. The maximum absolute atomic E-state index is 11.8. The molecule has 1 aromatic heterocycles. The first-order valence-corrected chi connectivity index (χ1v) is 7.44. The molecule has 0 radical (unpaired) electrons. The summed E-state index contributed by atoms with van der Waals surface area (Å²) < 4.78 is 0.947. The monoisotopic (exact) mass is 355 g/mol. The number of carbonyl (C=O) groups is 1. The Bertz CT molecular complexity index is 654. The highest BCUT2D eigenvalue weighted by Gasteiger charge is 2.15. The first kappa shape index (κ1) is 14.9. The highest BCUT2D eigenvalue weighted by molar-refractivity contribution is 9.10. The number of carbonyl (C=O) groups excluding carboxylic acids is 1. The highest BCUT2D eigenvalue weighted by Crippen LogP contribution is 2.25. The van der Waals surface area contributed by atoms with Crippen LogP contribution in [0.25, 0.3) is 10.9 Å². The molecular formula is C13H14BrN3O2S. The van der Waals surface area contributed by atoms with Crippen LogP contribution in [0.2, 0.25) is 0 Å². The third-order valence-electron chi connectivity index (χ3n) is 2.89. The fraction of sp³-hybridized carbons (Fsp3) is 0.231. The maximum Gasteiger partial charge on any atom is 0.269 e. The Hall–Kier alpha value is -1.47. The number of oxime groups is 1. The van der Waals surface area contributed by atoms with Gasteiger partial charge in [-0.1, -0.05) is 17.3 Å². The zero-order chi connectivity index (χ0) is 14.5. The molecule has 3 N–H and O–H groups in total. The quantitative estimate of drug-likeness (QED) is 0.287. The van der Waals surface area contributed by atoms with E-state index in [9.17, 15) is 4.79 Å². The average molecular weight is 356 g/mol. The highest BCUT2D eigenvalue weighted by atomic mass is 79.9. The summed E-state index contributed by atoms with van der Waals surface area (Å²) in [5.41, 5.74) is 1.93. The van der Waals surface area contributed by atoms with Gasteiger partial charge in [0.2, 0.25) is 0 Å². The lowest BCUT2D eigenvalue weighted by atomic mass is 10.1. The number of amides is 1. The molecule has 0 aliphatic rings. The maximum atomic E-state index is 11.8. The second-order valence-corrected chi connectivity index (χ2v) is 5.48. The van der Waals surface area contributed by atoms with Gasteiger partial charge in [-0.2, -0.15) is 12.6 Å². The van der Waals surface area contributed by atoms with Crippen molar-refractivity contribution in [1.29, 1.82) is 0 Å². The Morgan fingerprint density at radius 1 is 1.50 bits per heavy atom. The summed E-state index contributed by atoms with van der Waals surface area (Å²) >= 11 is 7.47. The lowest BCUT2D eigenvalue weighted by Gasteiger charge is -2.05. The molecule has 0 bridgehead atoms. The van der Waals surface area contributed by atoms with Crippen molar-refractivity contribution < 1.29 is 10.0 Å². The molecule has 0 aliphatic carbocycles. The van der Waals surface area contributed by atoms with Gasteiger partial charge < -0.3 is 15.5 Å². The van der Waals surface area contributed by atoms with Crippen LogP contribution in [0.4, 0.5) is 0 Å². The minimum Gasteiger partial charge on any atom is -0.410 e. The van der Waals surface area contributed by atoms with E-state index in [0.29, 0.717) is 12.3 Å². The second kappa shape index (κ2) is 6.81. The van der Waals surface area contributed by atoms with Gasteiger partial charge in [0.1, 0.15) is 5.71 Å². The third kappa shape index (κ3) is 3.16. The Morgan fingerprint density at radius 3 is 3.00 bits per heavy atom. The van der Waals surface area contributed by atoms with Gasteiger partial charge in [0.05, 0.1) is 5.52 Å². The Morgan fingerprint density at radius 2 is 2.30 bits per heavy atom. The molecule has 7 heteroatoms. The van der Waals surface area contributed by atoms with E-state index in [1.54, 1.807) is 0 Å². The van der Waals surface area contributed by atoms with Crippen LogP contribution < -0.4 is 5.32 Å². The number of thiol groups is 1. The van der Waals surface area contributed by atoms with Crippen LogP contribution in [0.5, 0.6) is 0 Å². The number of aromatic nitrogens is 1. The molecule has 20 heavy (non-hydrogen) atoms. The van der Waals surface area contributed by atoms with Crippen LogP contribution in [0, 0.1) is 0 Å². The van der Waals surface area contributed by atoms with Gasteiger partial charge in [0.15, 0.2) is 0 Å².